The molecular formula is C15H14FNO. The Bertz CT molecular complexity index is 582. The van der Waals surface area contributed by atoms with Gasteiger partial charge < -0.3 is 10.4 Å². The van der Waals surface area contributed by atoms with Gasteiger partial charge in [0.25, 0.3) is 0 Å². The lowest BCUT2D eigenvalue weighted by Gasteiger charge is -2.27. The van der Waals surface area contributed by atoms with Crippen LogP contribution in [0, 0.1) is 5.82 Å². The second kappa shape index (κ2) is 4.33. The van der Waals surface area contributed by atoms with Crippen molar-refractivity contribution in [1.29, 1.82) is 0 Å². The number of anilines is 1. The molecule has 2 nitrogen and oxygen atoms in total. The number of halogens is 1. The van der Waals surface area contributed by atoms with Gasteiger partial charge in [-0.15, -0.1) is 0 Å². The van der Waals surface area contributed by atoms with Crippen LogP contribution in [0.3, 0.4) is 0 Å². The molecule has 18 heavy (non-hydrogen) atoms. The Morgan fingerprint density at radius 1 is 1.17 bits per heavy atom. The van der Waals surface area contributed by atoms with Crippen molar-refractivity contribution in [3.8, 4) is 5.75 Å². The van der Waals surface area contributed by atoms with Crippen LogP contribution in [-0.2, 0) is 0 Å². The minimum Gasteiger partial charge on any atom is -0.506 e. The van der Waals surface area contributed by atoms with E-state index in [2.05, 4.69) is 5.32 Å². The Morgan fingerprint density at radius 3 is 2.83 bits per heavy atom. The van der Waals surface area contributed by atoms with E-state index < -0.39 is 0 Å². The zero-order chi connectivity index (χ0) is 12.5. The maximum Gasteiger partial charge on any atom is 0.138 e. The fraction of sp³-hybridized carbons (Fsp3) is 0.200. The first-order valence-electron chi connectivity index (χ1n) is 6.07. The van der Waals surface area contributed by atoms with Gasteiger partial charge in [-0.3, -0.25) is 0 Å². The predicted octanol–water partition coefficient (Wildman–Crippen LogP) is 3.48. The quantitative estimate of drug-likeness (QED) is 0.751. The van der Waals surface area contributed by atoms with Crippen molar-refractivity contribution in [1.82, 2.24) is 0 Å². The zero-order valence-electron chi connectivity index (χ0n) is 9.86. The van der Waals surface area contributed by atoms with E-state index in [1.807, 2.05) is 18.2 Å². The molecule has 1 aliphatic rings. The van der Waals surface area contributed by atoms with Gasteiger partial charge in [0.05, 0.1) is 5.69 Å². The highest BCUT2D eigenvalue weighted by Gasteiger charge is 2.23. The summed E-state index contributed by atoms with van der Waals surface area (Å²) in [5.41, 5.74) is 2.77. The molecule has 1 heterocycles. The lowest BCUT2D eigenvalue weighted by atomic mass is 9.85. The fourth-order valence-electron chi connectivity index (χ4n) is 2.61. The highest BCUT2D eigenvalue weighted by atomic mass is 19.1. The Hall–Kier alpha value is -2.03. The van der Waals surface area contributed by atoms with E-state index in [1.54, 1.807) is 18.2 Å². The lowest BCUT2D eigenvalue weighted by Crippen LogP contribution is -2.17. The number of phenols is 1. The van der Waals surface area contributed by atoms with E-state index >= 15 is 0 Å². The maximum absolute atomic E-state index is 13.3. The minimum absolute atomic E-state index is 0.143. The van der Waals surface area contributed by atoms with E-state index in [0.717, 1.165) is 29.8 Å². The molecule has 2 aromatic carbocycles. The zero-order valence-corrected chi connectivity index (χ0v) is 9.86. The van der Waals surface area contributed by atoms with E-state index in [1.165, 1.54) is 6.07 Å². The van der Waals surface area contributed by atoms with Crippen LogP contribution in [0.25, 0.3) is 0 Å². The summed E-state index contributed by atoms with van der Waals surface area (Å²) in [5.74, 6) is 0.186. The molecule has 0 bridgehead atoms. The highest BCUT2D eigenvalue weighted by molar-refractivity contribution is 5.65. The van der Waals surface area contributed by atoms with Crippen LogP contribution in [0.5, 0.6) is 5.75 Å². The molecule has 3 heteroatoms. The van der Waals surface area contributed by atoms with Crippen molar-refractivity contribution in [3.63, 3.8) is 0 Å². The van der Waals surface area contributed by atoms with Crippen molar-refractivity contribution in [3.05, 3.63) is 59.4 Å². The number of nitrogens with one attached hydrogen (secondary N) is 1. The molecule has 0 radical (unpaired) electrons. The van der Waals surface area contributed by atoms with Crippen LogP contribution >= 0.6 is 0 Å². The third-order valence-corrected chi connectivity index (χ3v) is 3.44. The molecule has 0 saturated carbocycles. The third kappa shape index (κ3) is 1.82. The SMILES string of the molecule is Oc1cccc2c1NCCC2c1cccc(F)c1. The molecular weight excluding hydrogens is 229 g/mol. The van der Waals surface area contributed by atoms with Gasteiger partial charge in [0.2, 0.25) is 0 Å². The minimum atomic E-state index is -0.215. The smallest absolute Gasteiger partial charge is 0.138 e. The summed E-state index contributed by atoms with van der Waals surface area (Å²) in [4.78, 5) is 0. The first-order chi connectivity index (χ1) is 8.75. The monoisotopic (exact) mass is 243 g/mol. The summed E-state index contributed by atoms with van der Waals surface area (Å²) in [5, 5.41) is 13.0. The Kier molecular flexibility index (Phi) is 2.67. The van der Waals surface area contributed by atoms with Crippen LogP contribution in [0.1, 0.15) is 23.5 Å². The number of hydrogen-bond donors (Lipinski definition) is 2. The van der Waals surface area contributed by atoms with Crippen LogP contribution in [0.2, 0.25) is 0 Å². The summed E-state index contributed by atoms with van der Waals surface area (Å²) in [6.07, 6.45) is 0.903. The Labute approximate surface area is 105 Å². The summed E-state index contributed by atoms with van der Waals surface area (Å²) < 4.78 is 13.3. The molecule has 92 valence electrons. The van der Waals surface area contributed by atoms with Gasteiger partial charge in [0.15, 0.2) is 0 Å². The van der Waals surface area contributed by atoms with Crippen molar-refractivity contribution >= 4 is 5.69 Å². The van der Waals surface area contributed by atoms with Gasteiger partial charge in [0, 0.05) is 12.5 Å². The summed E-state index contributed by atoms with van der Waals surface area (Å²) in [7, 11) is 0. The topological polar surface area (TPSA) is 32.3 Å². The van der Waals surface area contributed by atoms with Crippen LogP contribution in [0.15, 0.2) is 42.5 Å². The first kappa shape index (κ1) is 11.1. The summed E-state index contributed by atoms with van der Waals surface area (Å²) in [6.45, 7) is 0.783. The van der Waals surface area contributed by atoms with Gasteiger partial charge in [-0.1, -0.05) is 24.3 Å². The predicted molar refractivity (Wildman–Crippen MR) is 69.5 cm³/mol. The molecule has 0 spiro atoms. The Balaban J connectivity index is 2.09. The average molecular weight is 243 g/mol. The van der Waals surface area contributed by atoms with E-state index in [-0.39, 0.29) is 17.5 Å². The molecule has 1 aliphatic heterocycles. The first-order valence-corrected chi connectivity index (χ1v) is 6.07. The van der Waals surface area contributed by atoms with E-state index in [0.29, 0.717) is 0 Å². The number of rotatable bonds is 1. The second-order valence-corrected chi connectivity index (χ2v) is 4.56. The normalized spacial score (nSPS) is 17.9. The molecule has 1 atom stereocenters. The molecule has 2 N–H and O–H groups in total. The summed E-state index contributed by atoms with van der Waals surface area (Å²) >= 11 is 0. The van der Waals surface area contributed by atoms with Gasteiger partial charge in [-0.25, -0.2) is 4.39 Å². The lowest BCUT2D eigenvalue weighted by molar-refractivity contribution is 0.474. The average Bonchev–Trinajstić information content (AvgIpc) is 2.39. The number of benzene rings is 2. The van der Waals surface area contributed by atoms with Gasteiger partial charge in [-0.05, 0) is 35.7 Å². The Morgan fingerprint density at radius 2 is 2.00 bits per heavy atom. The second-order valence-electron chi connectivity index (χ2n) is 4.56. The largest absolute Gasteiger partial charge is 0.506 e. The van der Waals surface area contributed by atoms with Crippen LogP contribution < -0.4 is 5.32 Å². The van der Waals surface area contributed by atoms with Crippen molar-refractivity contribution in [2.45, 2.75) is 12.3 Å². The van der Waals surface area contributed by atoms with E-state index in [4.69, 9.17) is 0 Å². The van der Waals surface area contributed by atoms with Gasteiger partial charge >= 0.3 is 0 Å². The molecule has 1 unspecified atom stereocenters. The van der Waals surface area contributed by atoms with Gasteiger partial charge in [0.1, 0.15) is 11.6 Å². The molecule has 2 aromatic rings. The number of para-hydroxylation sites is 1. The highest BCUT2D eigenvalue weighted by Crippen LogP contribution is 2.40. The molecule has 0 fully saturated rings. The molecule has 3 rings (SSSR count). The van der Waals surface area contributed by atoms with Crippen molar-refractivity contribution < 1.29 is 9.50 Å². The van der Waals surface area contributed by atoms with Gasteiger partial charge in [-0.2, -0.15) is 0 Å². The molecule has 0 saturated heterocycles. The van der Waals surface area contributed by atoms with E-state index in [9.17, 15) is 9.50 Å². The molecule has 0 aromatic heterocycles. The van der Waals surface area contributed by atoms with Crippen molar-refractivity contribution in [2.75, 3.05) is 11.9 Å². The molecule has 0 aliphatic carbocycles. The standard InChI is InChI=1S/C15H14FNO/c16-11-4-1-3-10(9-11)12-7-8-17-15-13(12)5-2-6-14(15)18/h1-6,9,12,17-18H,7-8H2. The third-order valence-electron chi connectivity index (χ3n) is 3.44. The number of hydrogen-bond acceptors (Lipinski definition) is 2. The maximum atomic E-state index is 13.3. The fourth-order valence-corrected chi connectivity index (χ4v) is 2.61. The van der Waals surface area contributed by atoms with Crippen LogP contribution in [-0.4, -0.2) is 11.7 Å². The van der Waals surface area contributed by atoms with Crippen molar-refractivity contribution in [2.24, 2.45) is 0 Å². The van der Waals surface area contributed by atoms with Crippen LogP contribution in [0.4, 0.5) is 10.1 Å². The summed E-state index contributed by atoms with van der Waals surface area (Å²) in [6, 6.07) is 12.2. The number of phenolic OH excluding ortho intramolecular Hbond substituents is 1. The molecule has 0 amide bonds. The number of aromatic hydroxyl groups is 1. The number of fused-ring (bicyclic) bond motifs is 1.